The second-order valence-corrected chi connectivity index (χ2v) is 0.843. The summed E-state index contributed by atoms with van der Waals surface area (Å²) in [7, 11) is 0. The molecule has 4 N–H and O–H groups in total. The number of nitrogens with two attached hydrogens (primary N) is 1. The van der Waals surface area contributed by atoms with Crippen molar-refractivity contribution in [2.75, 3.05) is 0 Å². The highest BCUT2D eigenvalue weighted by Crippen LogP contribution is 1.57. The van der Waals surface area contributed by atoms with Gasteiger partial charge in [-0.2, -0.15) is 0 Å². The largest absolute Gasteiger partial charge is 0.378 e. The zero-order valence-corrected chi connectivity index (χ0v) is 3.10. The summed E-state index contributed by atoms with van der Waals surface area (Å²) in [5.41, 5.74) is 2.08. The summed E-state index contributed by atoms with van der Waals surface area (Å²) in [5.74, 6) is 4.67. The normalized spacial score (nSPS) is 15.0. The lowest BCUT2D eigenvalue weighted by Gasteiger charge is -1.94. The van der Waals surface area contributed by atoms with Crippen molar-refractivity contribution in [3.8, 4) is 0 Å². The minimum Gasteiger partial charge on any atom is -0.378 e. The third-order valence-corrected chi connectivity index (χ3v) is 0.241. The smallest absolute Gasteiger partial charge is 0.114 e. The first-order valence-corrected chi connectivity index (χ1v) is 1.41. The van der Waals surface area contributed by atoms with Gasteiger partial charge in [0.25, 0.3) is 0 Å². The Morgan fingerprint density at radius 3 is 2.20 bits per heavy atom. The van der Waals surface area contributed by atoms with Gasteiger partial charge in [0.1, 0.15) is 6.23 Å². The highest BCUT2D eigenvalue weighted by molar-refractivity contribution is 4.24. The molecule has 1 atom stereocenters. The van der Waals surface area contributed by atoms with E-state index in [1.165, 1.54) is 0 Å². The Morgan fingerprint density at radius 1 is 2.00 bits per heavy atom. The van der Waals surface area contributed by atoms with E-state index in [1.54, 1.807) is 6.92 Å². The fraction of sp³-hybridized carbons (Fsp3) is 1.00. The molecule has 5 heavy (non-hydrogen) atoms. The molecule has 0 heterocycles. The van der Waals surface area contributed by atoms with Gasteiger partial charge in [-0.3, -0.25) is 5.84 Å². The minimum atomic E-state index is -0.588. The lowest BCUT2D eigenvalue weighted by molar-refractivity contribution is 0.158. The Kier molecular flexibility index (Phi) is 2.09. The summed E-state index contributed by atoms with van der Waals surface area (Å²) in [6.07, 6.45) is -0.588. The SMILES string of the molecule is CC(O)NN. The van der Waals surface area contributed by atoms with Gasteiger partial charge in [-0.05, 0) is 6.92 Å². The Bertz CT molecular complexity index is 21.6. The molecule has 0 aliphatic rings. The van der Waals surface area contributed by atoms with Gasteiger partial charge in [0, 0.05) is 0 Å². The molecule has 0 rings (SSSR count). The van der Waals surface area contributed by atoms with Gasteiger partial charge in [0.05, 0.1) is 0 Å². The van der Waals surface area contributed by atoms with E-state index in [0.717, 1.165) is 0 Å². The predicted octanol–water partition coefficient (Wildman–Crippen LogP) is -1.21. The zero-order chi connectivity index (χ0) is 4.28. The van der Waals surface area contributed by atoms with Crippen molar-refractivity contribution in [2.45, 2.75) is 13.2 Å². The molecule has 32 valence electrons. The van der Waals surface area contributed by atoms with Crippen molar-refractivity contribution in [1.29, 1.82) is 0 Å². The first-order valence-electron chi connectivity index (χ1n) is 1.41. The molecule has 0 spiro atoms. The van der Waals surface area contributed by atoms with Crippen LogP contribution >= 0.6 is 0 Å². The monoisotopic (exact) mass is 76.1 g/mol. The lowest BCUT2D eigenvalue weighted by Crippen LogP contribution is -2.31. The highest BCUT2D eigenvalue weighted by atomic mass is 16.3. The summed E-state index contributed by atoms with van der Waals surface area (Å²) in [6.45, 7) is 1.54. The maximum Gasteiger partial charge on any atom is 0.114 e. The third kappa shape index (κ3) is 3.88. The Morgan fingerprint density at radius 2 is 2.20 bits per heavy atom. The highest BCUT2D eigenvalue weighted by Gasteiger charge is 1.78. The van der Waals surface area contributed by atoms with E-state index in [9.17, 15) is 0 Å². The minimum absolute atomic E-state index is 0.588. The number of hydrogen-bond donors (Lipinski definition) is 3. The zero-order valence-electron chi connectivity index (χ0n) is 3.10. The summed E-state index contributed by atoms with van der Waals surface area (Å²) < 4.78 is 0. The van der Waals surface area contributed by atoms with Gasteiger partial charge < -0.3 is 5.11 Å². The number of hydrazine groups is 1. The Hall–Kier alpha value is -0.120. The standard InChI is InChI=1S/C2H8N2O/c1-2(5)4-3/h2,4-5H,3H2,1H3. The Balaban J connectivity index is 2.54. The van der Waals surface area contributed by atoms with E-state index in [-0.39, 0.29) is 0 Å². The molecule has 0 saturated carbocycles. The molecule has 0 amide bonds. The lowest BCUT2D eigenvalue weighted by atomic mass is 10.7. The first kappa shape index (κ1) is 4.88. The summed E-state index contributed by atoms with van der Waals surface area (Å²) in [6, 6.07) is 0. The number of aliphatic hydroxyl groups excluding tert-OH is 1. The molecule has 0 aliphatic carbocycles. The molecule has 0 aliphatic heterocycles. The summed E-state index contributed by atoms with van der Waals surface area (Å²) >= 11 is 0. The molecular weight excluding hydrogens is 68.0 g/mol. The van der Waals surface area contributed by atoms with Crippen LogP contribution in [0.2, 0.25) is 0 Å². The fourth-order valence-corrected chi connectivity index (χ4v) is 0. The van der Waals surface area contributed by atoms with Gasteiger partial charge in [0.2, 0.25) is 0 Å². The number of nitrogens with one attached hydrogen (secondary N) is 1. The average Bonchev–Trinajstić information content (AvgIpc) is 1.38. The van der Waals surface area contributed by atoms with Crippen LogP contribution in [-0.2, 0) is 0 Å². The molecular formula is C2H8N2O. The van der Waals surface area contributed by atoms with Gasteiger partial charge in [-0.1, -0.05) is 0 Å². The van der Waals surface area contributed by atoms with Crippen LogP contribution in [-0.4, -0.2) is 11.3 Å². The molecule has 0 radical (unpaired) electrons. The van der Waals surface area contributed by atoms with Crippen LogP contribution in [0.4, 0.5) is 0 Å². The fourth-order valence-electron chi connectivity index (χ4n) is 0. The maximum absolute atomic E-state index is 8.12. The molecule has 0 fully saturated rings. The van der Waals surface area contributed by atoms with Gasteiger partial charge in [-0.25, -0.2) is 5.43 Å². The van der Waals surface area contributed by atoms with Crippen LogP contribution in [0, 0.1) is 0 Å². The molecule has 1 unspecified atom stereocenters. The van der Waals surface area contributed by atoms with Crippen LogP contribution < -0.4 is 11.3 Å². The van der Waals surface area contributed by atoms with E-state index in [1.807, 2.05) is 0 Å². The third-order valence-electron chi connectivity index (χ3n) is 0.241. The molecule has 0 aromatic rings. The number of hydrogen-bond acceptors (Lipinski definition) is 3. The Labute approximate surface area is 30.8 Å². The van der Waals surface area contributed by atoms with Crippen molar-refractivity contribution < 1.29 is 5.11 Å². The average molecular weight is 76.1 g/mol. The predicted molar refractivity (Wildman–Crippen MR) is 19.0 cm³/mol. The second kappa shape index (κ2) is 2.14. The van der Waals surface area contributed by atoms with Crippen LogP contribution in [0.25, 0.3) is 0 Å². The molecule has 3 heteroatoms. The van der Waals surface area contributed by atoms with Gasteiger partial charge in [0.15, 0.2) is 0 Å². The number of rotatable bonds is 1. The quantitative estimate of drug-likeness (QED) is 0.208. The van der Waals surface area contributed by atoms with Crippen LogP contribution in [0.3, 0.4) is 0 Å². The maximum atomic E-state index is 8.12. The number of aliphatic hydroxyl groups is 1. The van der Waals surface area contributed by atoms with E-state index >= 15 is 0 Å². The van der Waals surface area contributed by atoms with E-state index in [0.29, 0.717) is 0 Å². The molecule has 0 aromatic heterocycles. The van der Waals surface area contributed by atoms with Gasteiger partial charge >= 0.3 is 0 Å². The molecule has 0 saturated heterocycles. The van der Waals surface area contributed by atoms with E-state index in [4.69, 9.17) is 5.11 Å². The van der Waals surface area contributed by atoms with Gasteiger partial charge in [-0.15, -0.1) is 0 Å². The van der Waals surface area contributed by atoms with Crippen molar-refractivity contribution in [3.05, 3.63) is 0 Å². The van der Waals surface area contributed by atoms with Crippen LogP contribution in [0.5, 0.6) is 0 Å². The van der Waals surface area contributed by atoms with E-state index in [2.05, 4.69) is 11.3 Å². The topological polar surface area (TPSA) is 58.3 Å². The van der Waals surface area contributed by atoms with Crippen LogP contribution in [0.1, 0.15) is 6.92 Å². The first-order chi connectivity index (χ1) is 2.27. The van der Waals surface area contributed by atoms with E-state index < -0.39 is 6.23 Å². The van der Waals surface area contributed by atoms with Crippen molar-refractivity contribution >= 4 is 0 Å². The van der Waals surface area contributed by atoms with Crippen molar-refractivity contribution in [3.63, 3.8) is 0 Å². The van der Waals surface area contributed by atoms with Crippen LogP contribution in [0.15, 0.2) is 0 Å². The molecule has 3 nitrogen and oxygen atoms in total. The second-order valence-electron chi connectivity index (χ2n) is 0.843. The van der Waals surface area contributed by atoms with Crippen molar-refractivity contribution in [2.24, 2.45) is 5.84 Å². The van der Waals surface area contributed by atoms with Crippen molar-refractivity contribution in [1.82, 2.24) is 5.43 Å². The molecule has 0 bridgehead atoms. The summed E-state index contributed by atoms with van der Waals surface area (Å²) in [5, 5.41) is 8.12. The summed E-state index contributed by atoms with van der Waals surface area (Å²) in [4.78, 5) is 0. The molecule has 0 aromatic carbocycles.